The Morgan fingerprint density at radius 1 is 0.971 bits per heavy atom. The predicted octanol–water partition coefficient (Wildman–Crippen LogP) is 6.89. The third-order valence-corrected chi connectivity index (χ3v) is 6.92. The van der Waals surface area contributed by atoms with Gasteiger partial charge in [-0.2, -0.15) is 0 Å². The van der Waals surface area contributed by atoms with Gasteiger partial charge in [0.2, 0.25) is 0 Å². The number of halogens is 2. The Hall–Kier alpha value is -3.06. The van der Waals surface area contributed by atoms with Crippen LogP contribution in [0, 0.1) is 0 Å². The lowest BCUT2D eigenvalue weighted by Gasteiger charge is -2.26. The van der Waals surface area contributed by atoms with Crippen LogP contribution in [0.2, 0.25) is 10.0 Å². The predicted molar refractivity (Wildman–Crippen MR) is 143 cm³/mol. The minimum atomic E-state index is -0.232. The molecule has 0 radical (unpaired) electrons. The molecule has 0 unspecified atom stereocenters. The van der Waals surface area contributed by atoms with Gasteiger partial charge in [0, 0.05) is 37.2 Å². The minimum absolute atomic E-state index is 0.185. The lowest BCUT2D eigenvalue weighted by atomic mass is 10.0. The zero-order valence-electron chi connectivity index (χ0n) is 18.6. The highest BCUT2D eigenvalue weighted by Crippen LogP contribution is 2.43. The summed E-state index contributed by atoms with van der Waals surface area (Å²) in [5.74, 6) is 1.47. The second-order valence-electron chi connectivity index (χ2n) is 8.24. The van der Waals surface area contributed by atoms with Crippen molar-refractivity contribution in [1.82, 2.24) is 10.3 Å². The van der Waals surface area contributed by atoms with Gasteiger partial charge in [-0.05, 0) is 78.9 Å². The van der Waals surface area contributed by atoms with Crippen LogP contribution in [0.5, 0.6) is 0 Å². The fourth-order valence-electron chi connectivity index (χ4n) is 4.15. The molecule has 0 aliphatic carbocycles. The smallest absolute Gasteiger partial charge is 0.174 e. The first kappa shape index (κ1) is 22.7. The molecule has 0 spiro atoms. The van der Waals surface area contributed by atoms with E-state index >= 15 is 0 Å². The second kappa shape index (κ2) is 9.29. The van der Waals surface area contributed by atoms with Crippen LogP contribution in [0.3, 0.4) is 0 Å². The molecule has 2 aromatic heterocycles. The first-order valence-electron chi connectivity index (χ1n) is 10.8. The molecular weight excluding hydrogens is 487 g/mol. The van der Waals surface area contributed by atoms with Gasteiger partial charge in [-0.3, -0.25) is 4.98 Å². The summed E-state index contributed by atoms with van der Waals surface area (Å²) in [5.41, 5.74) is 3.82. The number of hydrogen-bond acceptors (Lipinski definition) is 4. The summed E-state index contributed by atoms with van der Waals surface area (Å²) in [4.78, 5) is 8.75. The molecular formula is C26H22Cl2N4OS. The van der Waals surface area contributed by atoms with Crippen molar-refractivity contribution in [2.75, 3.05) is 23.9 Å². The Kier molecular flexibility index (Phi) is 6.21. The molecule has 2 aromatic carbocycles. The first-order chi connectivity index (χ1) is 16.4. The van der Waals surface area contributed by atoms with Gasteiger partial charge in [0.25, 0.3) is 0 Å². The molecule has 5 nitrogen and oxygen atoms in total. The molecule has 1 N–H and O–H groups in total. The van der Waals surface area contributed by atoms with Gasteiger partial charge >= 0.3 is 0 Å². The normalized spacial score (nSPS) is 17.6. The zero-order chi connectivity index (χ0) is 23.8. The number of anilines is 2. The molecule has 2 atom stereocenters. The van der Waals surface area contributed by atoms with Crippen molar-refractivity contribution in [2.45, 2.75) is 12.1 Å². The quantitative estimate of drug-likeness (QED) is 0.296. The second-order valence-corrected chi connectivity index (χ2v) is 9.44. The van der Waals surface area contributed by atoms with E-state index in [2.05, 4.69) is 44.4 Å². The molecule has 1 saturated heterocycles. The summed E-state index contributed by atoms with van der Waals surface area (Å²) in [7, 11) is 4.04. The Morgan fingerprint density at radius 3 is 2.44 bits per heavy atom. The van der Waals surface area contributed by atoms with Gasteiger partial charge < -0.3 is 19.5 Å². The molecule has 1 fully saturated rings. The summed E-state index contributed by atoms with van der Waals surface area (Å²) in [6.45, 7) is 0. The van der Waals surface area contributed by atoms with Crippen molar-refractivity contribution in [1.29, 1.82) is 0 Å². The molecule has 1 aliphatic heterocycles. The molecule has 8 heteroatoms. The Balaban J connectivity index is 1.57. The number of hydrogen-bond donors (Lipinski definition) is 1. The maximum Gasteiger partial charge on any atom is 0.174 e. The summed E-state index contributed by atoms with van der Waals surface area (Å²) >= 11 is 18.1. The van der Waals surface area contributed by atoms with Crippen molar-refractivity contribution in [2.24, 2.45) is 0 Å². The highest BCUT2D eigenvalue weighted by Gasteiger charge is 2.42. The largest absolute Gasteiger partial charge is 0.459 e. The summed E-state index contributed by atoms with van der Waals surface area (Å²) in [6.07, 6.45) is 1.79. The lowest BCUT2D eigenvalue weighted by Crippen LogP contribution is -2.29. The van der Waals surface area contributed by atoms with E-state index in [0.29, 0.717) is 20.9 Å². The van der Waals surface area contributed by atoms with Crippen LogP contribution in [-0.2, 0) is 0 Å². The highest BCUT2D eigenvalue weighted by molar-refractivity contribution is 7.80. The average molecular weight is 509 g/mol. The van der Waals surface area contributed by atoms with Crippen LogP contribution in [0.1, 0.15) is 23.5 Å². The van der Waals surface area contributed by atoms with Crippen LogP contribution in [0.4, 0.5) is 11.4 Å². The molecule has 0 amide bonds. The van der Waals surface area contributed by atoms with Gasteiger partial charge in [0.05, 0.1) is 21.8 Å². The Morgan fingerprint density at radius 2 is 1.76 bits per heavy atom. The van der Waals surface area contributed by atoms with Gasteiger partial charge in [0.1, 0.15) is 17.6 Å². The van der Waals surface area contributed by atoms with E-state index in [0.717, 1.165) is 28.4 Å². The van der Waals surface area contributed by atoms with E-state index in [1.54, 1.807) is 18.3 Å². The highest BCUT2D eigenvalue weighted by atomic mass is 35.5. The molecule has 34 heavy (non-hydrogen) atoms. The van der Waals surface area contributed by atoms with Crippen molar-refractivity contribution in [3.8, 4) is 11.3 Å². The number of rotatable bonds is 5. The molecule has 0 saturated carbocycles. The van der Waals surface area contributed by atoms with Crippen LogP contribution >= 0.6 is 35.4 Å². The maximum absolute atomic E-state index is 6.38. The summed E-state index contributed by atoms with van der Waals surface area (Å²) in [6, 6.07) is 23.1. The summed E-state index contributed by atoms with van der Waals surface area (Å²) in [5, 5.41) is 5.06. The lowest BCUT2D eigenvalue weighted by molar-refractivity contribution is 0.439. The SMILES string of the molecule is CN(C)c1ccc(N2C(=S)N[C@H](c3ccccn3)[C@H]2c2ccc(-c3ccc(Cl)c(Cl)c3)o2)cc1. The van der Waals surface area contributed by atoms with Crippen LogP contribution in [0.25, 0.3) is 11.3 Å². The summed E-state index contributed by atoms with van der Waals surface area (Å²) < 4.78 is 6.38. The standard InChI is InChI=1S/C26H22Cl2N4OS/c1-31(2)17-7-9-18(10-8-17)32-25(24(30-26(32)34)21-5-3-4-14-29-21)23-13-12-22(33-23)16-6-11-19(27)20(28)15-16/h3-15,24-25H,1-2H3,(H,30,34)/t24-,25-/m1/s1. The van der Waals surface area contributed by atoms with E-state index in [9.17, 15) is 0 Å². The van der Waals surface area contributed by atoms with Crippen molar-refractivity contribution in [3.05, 3.63) is 100 Å². The van der Waals surface area contributed by atoms with E-state index in [4.69, 9.17) is 39.8 Å². The van der Waals surface area contributed by atoms with Crippen molar-refractivity contribution < 1.29 is 4.42 Å². The number of nitrogens with zero attached hydrogens (tertiary/aromatic N) is 3. The number of furan rings is 1. The average Bonchev–Trinajstić information content (AvgIpc) is 3.46. The molecule has 4 aromatic rings. The van der Waals surface area contributed by atoms with Crippen LogP contribution in [0.15, 0.2) is 83.4 Å². The first-order valence-corrected chi connectivity index (χ1v) is 11.9. The van der Waals surface area contributed by atoms with Crippen molar-refractivity contribution in [3.63, 3.8) is 0 Å². The van der Waals surface area contributed by atoms with Crippen LogP contribution in [-0.4, -0.2) is 24.2 Å². The third kappa shape index (κ3) is 4.25. The molecule has 5 rings (SSSR count). The molecule has 172 valence electrons. The van der Waals surface area contributed by atoms with Gasteiger partial charge in [-0.25, -0.2) is 0 Å². The maximum atomic E-state index is 6.38. The molecule has 1 aliphatic rings. The van der Waals surface area contributed by atoms with E-state index < -0.39 is 0 Å². The third-order valence-electron chi connectivity index (χ3n) is 5.86. The van der Waals surface area contributed by atoms with E-state index in [-0.39, 0.29) is 12.1 Å². The van der Waals surface area contributed by atoms with Crippen molar-refractivity contribution >= 4 is 51.9 Å². The Bertz CT molecular complexity index is 1320. The topological polar surface area (TPSA) is 44.5 Å². The molecule has 3 heterocycles. The fraction of sp³-hybridized carbons (Fsp3) is 0.154. The van der Waals surface area contributed by atoms with E-state index in [1.807, 2.05) is 50.5 Å². The van der Waals surface area contributed by atoms with Gasteiger partial charge in [-0.15, -0.1) is 0 Å². The number of pyridine rings is 1. The van der Waals surface area contributed by atoms with Gasteiger partial charge in [0.15, 0.2) is 5.11 Å². The van der Waals surface area contributed by atoms with E-state index in [1.165, 1.54) is 0 Å². The zero-order valence-corrected chi connectivity index (χ0v) is 20.9. The monoisotopic (exact) mass is 508 g/mol. The minimum Gasteiger partial charge on any atom is -0.459 e. The van der Waals surface area contributed by atoms with Gasteiger partial charge in [-0.1, -0.05) is 29.3 Å². The molecule has 0 bridgehead atoms. The number of aromatic nitrogens is 1. The number of nitrogens with one attached hydrogen (secondary N) is 1. The number of benzene rings is 2. The fourth-order valence-corrected chi connectivity index (χ4v) is 4.79. The Labute approximate surface area is 213 Å². The number of thiocarbonyl (C=S) groups is 1. The van der Waals surface area contributed by atoms with Crippen LogP contribution < -0.4 is 15.1 Å².